The van der Waals surface area contributed by atoms with Crippen molar-refractivity contribution in [1.82, 2.24) is 5.32 Å². The van der Waals surface area contributed by atoms with Crippen LogP contribution in [0, 0.1) is 0 Å². The highest BCUT2D eigenvalue weighted by Gasteiger charge is 2.08. The first-order valence-electron chi connectivity index (χ1n) is 6.63. The van der Waals surface area contributed by atoms with E-state index in [1.165, 1.54) is 5.56 Å². The van der Waals surface area contributed by atoms with E-state index in [9.17, 15) is 0 Å². The topological polar surface area (TPSA) is 39.7 Å². The van der Waals surface area contributed by atoms with Crippen molar-refractivity contribution in [1.29, 1.82) is 0 Å². The molecule has 1 N–H and O–H groups in total. The van der Waals surface area contributed by atoms with Gasteiger partial charge in [-0.05, 0) is 38.1 Å². The summed E-state index contributed by atoms with van der Waals surface area (Å²) in [5, 5.41) is 3.23. The third kappa shape index (κ3) is 5.19. The molecule has 0 amide bonds. The molecule has 0 saturated carbocycles. The maximum Gasteiger partial charge on any atom is 0.124 e. The zero-order valence-corrected chi connectivity index (χ0v) is 12.4. The Morgan fingerprint density at radius 2 is 2.00 bits per heavy atom. The van der Waals surface area contributed by atoms with Crippen LogP contribution in [0.1, 0.15) is 30.5 Å². The van der Waals surface area contributed by atoms with Crippen molar-refractivity contribution in [3.63, 3.8) is 0 Å². The molecule has 0 radical (unpaired) electrons. The van der Waals surface area contributed by atoms with Crippen molar-refractivity contribution < 1.29 is 14.2 Å². The van der Waals surface area contributed by atoms with Gasteiger partial charge in [0.2, 0.25) is 0 Å². The second kappa shape index (κ2) is 8.91. The van der Waals surface area contributed by atoms with Gasteiger partial charge in [0.1, 0.15) is 5.75 Å². The minimum Gasteiger partial charge on any atom is -0.496 e. The molecule has 0 aliphatic carbocycles. The fourth-order valence-corrected chi connectivity index (χ4v) is 1.83. The first-order chi connectivity index (χ1) is 9.22. The number of nitrogens with one attached hydrogen (secondary N) is 1. The molecule has 0 aliphatic heterocycles. The zero-order chi connectivity index (χ0) is 14.1. The average molecular weight is 267 g/mol. The summed E-state index contributed by atoms with van der Waals surface area (Å²) in [5.41, 5.74) is 2.32. The van der Waals surface area contributed by atoms with Crippen molar-refractivity contribution in [3.05, 3.63) is 29.3 Å². The highest BCUT2D eigenvalue weighted by atomic mass is 16.5. The Kier molecular flexibility index (Phi) is 7.48. The van der Waals surface area contributed by atoms with Crippen molar-refractivity contribution in [2.24, 2.45) is 0 Å². The molecule has 0 heterocycles. The van der Waals surface area contributed by atoms with Gasteiger partial charge in [0.15, 0.2) is 0 Å². The molecule has 1 atom stereocenters. The quantitative estimate of drug-likeness (QED) is 0.698. The first-order valence-corrected chi connectivity index (χ1v) is 6.63. The predicted molar refractivity (Wildman–Crippen MR) is 76.6 cm³/mol. The molecule has 0 aliphatic rings. The monoisotopic (exact) mass is 267 g/mol. The lowest BCUT2D eigenvalue weighted by atomic mass is 10.0. The number of rotatable bonds is 9. The molecule has 0 fully saturated rings. The van der Waals surface area contributed by atoms with Gasteiger partial charge >= 0.3 is 0 Å². The van der Waals surface area contributed by atoms with Gasteiger partial charge in [-0.3, -0.25) is 0 Å². The van der Waals surface area contributed by atoms with Crippen LogP contribution in [0.15, 0.2) is 18.2 Å². The maximum absolute atomic E-state index is 5.65. The van der Waals surface area contributed by atoms with E-state index in [-0.39, 0.29) is 0 Å². The lowest BCUT2D eigenvalue weighted by molar-refractivity contribution is 0.0916. The molecule has 1 aromatic rings. The summed E-state index contributed by atoms with van der Waals surface area (Å²) in [5.74, 6) is 0.874. The summed E-state index contributed by atoms with van der Waals surface area (Å²) >= 11 is 0. The summed E-state index contributed by atoms with van der Waals surface area (Å²) in [7, 11) is 5.34. The van der Waals surface area contributed by atoms with Gasteiger partial charge < -0.3 is 19.5 Å². The molecule has 108 valence electrons. The van der Waals surface area contributed by atoms with Gasteiger partial charge in [0.05, 0.1) is 13.7 Å². The smallest absolute Gasteiger partial charge is 0.124 e. The molecule has 19 heavy (non-hydrogen) atoms. The standard InChI is InChI=1S/C15H25NO3/c1-12(16-2)13-6-7-15(18-4)14(10-13)11-19-9-5-8-17-3/h6-7,10,12,16H,5,8-9,11H2,1-4H3. The summed E-state index contributed by atoms with van der Waals surface area (Å²) < 4.78 is 16.0. The number of benzene rings is 1. The van der Waals surface area contributed by atoms with Crippen LogP contribution >= 0.6 is 0 Å². The fourth-order valence-electron chi connectivity index (χ4n) is 1.83. The second-order valence-electron chi connectivity index (χ2n) is 4.48. The normalized spacial score (nSPS) is 12.4. The Morgan fingerprint density at radius 3 is 2.63 bits per heavy atom. The molecule has 1 unspecified atom stereocenters. The Balaban J connectivity index is 2.62. The summed E-state index contributed by atoms with van der Waals surface area (Å²) in [6, 6.07) is 6.53. The molecular weight excluding hydrogens is 242 g/mol. The van der Waals surface area contributed by atoms with Crippen molar-refractivity contribution in [2.75, 3.05) is 34.5 Å². The van der Waals surface area contributed by atoms with E-state index in [4.69, 9.17) is 14.2 Å². The van der Waals surface area contributed by atoms with E-state index in [2.05, 4.69) is 24.4 Å². The minimum atomic E-state index is 0.318. The van der Waals surface area contributed by atoms with Crippen LogP contribution in [-0.2, 0) is 16.1 Å². The highest BCUT2D eigenvalue weighted by Crippen LogP contribution is 2.24. The predicted octanol–water partition coefficient (Wildman–Crippen LogP) is 2.53. The largest absolute Gasteiger partial charge is 0.496 e. The molecule has 1 rings (SSSR count). The summed E-state index contributed by atoms with van der Waals surface area (Å²) in [6.45, 7) is 4.12. The van der Waals surface area contributed by atoms with Crippen LogP contribution in [0.4, 0.5) is 0 Å². The van der Waals surface area contributed by atoms with Crippen LogP contribution in [0.5, 0.6) is 5.75 Å². The van der Waals surface area contributed by atoms with E-state index in [1.54, 1.807) is 14.2 Å². The number of methoxy groups -OCH3 is 2. The molecule has 4 nitrogen and oxygen atoms in total. The molecule has 0 aromatic heterocycles. The van der Waals surface area contributed by atoms with Gasteiger partial charge in [-0.25, -0.2) is 0 Å². The Hall–Kier alpha value is -1.10. The average Bonchev–Trinajstić information content (AvgIpc) is 2.46. The van der Waals surface area contributed by atoms with Crippen LogP contribution < -0.4 is 10.1 Å². The van der Waals surface area contributed by atoms with Gasteiger partial charge in [0, 0.05) is 31.9 Å². The van der Waals surface area contributed by atoms with E-state index in [0.717, 1.165) is 24.3 Å². The van der Waals surface area contributed by atoms with E-state index < -0.39 is 0 Å². The molecule has 0 bridgehead atoms. The lowest BCUT2D eigenvalue weighted by Crippen LogP contribution is -2.12. The Morgan fingerprint density at radius 1 is 1.21 bits per heavy atom. The Bertz CT molecular complexity index is 368. The first kappa shape index (κ1) is 16.0. The number of hydrogen-bond donors (Lipinski definition) is 1. The molecule has 0 spiro atoms. The van der Waals surface area contributed by atoms with Gasteiger partial charge in [-0.1, -0.05) is 6.07 Å². The minimum absolute atomic E-state index is 0.318. The number of ether oxygens (including phenoxy) is 3. The highest BCUT2D eigenvalue weighted by molar-refractivity contribution is 5.38. The van der Waals surface area contributed by atoms with Crippen LogP contribution in [0.2, 0.25) is 0 Å². The molecule has 1 aromatic carbocycles. The number of hydrogen-bond acceptors (Lipinski definition) is 4. The van der Waals surface area contributed by atoms with Gasteiger partial charge in [-0.2, -0.15) is 0 Å². The van der Waals surface area contributed by atoms with E-state index in [1.807, 2.05) is 13.1 Å². The fraction of sp³-hybridized carbons (Fsp3) is 0.600. The zero-order valence-electron chi connectivity index (χ0n) is 12.4. The van der Waals surface area contributed by atoms with Gasteiger partial charge in [-0.15, -0.1) is 0 Å². The summed E-state index contributed by atoms with van der Waals surface area (Å²) in [6.07, 6.45) is 0.908. The van der Waals surface area contributed by atoms with Crippen molar-refractivity contribution >= 4 is 0 Å². The second-order valence-corrected chi connectivity index (χ2v) is 4.48. The van der Waals surface area contributed by atoms with Crippen molar-refractivity contribution in [2.45, 2.75) is 26.0 Å². The van der Waals surface area contributed by atoms with Crippen LogP contribution in [0.25, 0.3) is 0 Å². The van der Waals surface area contributed by atoms with Crippen LogP contribution in [0.3, 0.4) is 0 Å². The Labute approximate surface area is 116 Å². The summed E-state index contributed by atoms with van der Waals surface area (Å²) in [4.78, 5) is 0. The van der Waals surface area contributed by atoms with E-state index >= 15 is 0 Å². The third-order valence-corrected chi connectivity index (χ3v) is 3.13. The van der Waals surface area contributed by atoms with Crippen LogP contribution in [-0.4, -0.2) is 34.5 Å². The van der Waals surface area contributed by atoms with E-state index in [0.29, 0.717) is 19.3 Å². The van der Waals surface area contributed by atoms with Gasteiger partial charge in [0.25, 0.3) is 0 Å². The molecule has 0 saturated heterocycles. The molecule has 4 heteroatoms. The maximum atomic E-state index is 5.65. The lowest BCUT2D eigenvalue weighted by Gasteiger charge is -2.15. The third-order valence-electron chi connectivity index (χ3n) is 3.13. The molecular formula is C15H25NO3. The van der Waals surface area contributed by atoms with Crippen molar-refractivity contribution in [3.8, 4) is 5.75 Å². The SMILES string of the molecule is CNC(C)c1ccc(OC)c(COCCCOC)c1.